The summed E-state index contributed by atoms with van der Waals surface area (Å²) >= 11 is 0. The third-order valence-corrected chi connectivity index (χ3v) is 12.8. The molecule has 64 heavy (non-hydrogen) atoms. The number of rotatable bonds is 13. The van der Waals surface area contributed by atoms with Crippen molar-refractivity contribution in [1.29, 1.82) is 0 Å². The van der Waals surface area contributed by atoms with Crippen LogP contribution in [0.3, 0.4) is 0 Å². The van der Waals surface area contributed by atoms with Gasteiger partial charge in [-0.3, -0.25) is 23.9 Å². The molecule has 2 aliphatic rings. The van der Waals surface area contributed by atoms with Crippen LogP contribution < -0.4 is 21.3 Å². The molecule has 19 heteroatoms. The standard InChI is InChI=1S/C45H43F2N7O9S/c1-53-40-25-48-15-10-34(40)43(56)54(45(53)58)32-6-2-27(3-7-32)20-39(44(57)63-26-28-11-16-61-17-12-28)51-42(55)35-21-37(47)38(22-36(35)46)52-64(59,60)33-8-4-29(5-9-33)31-23-49-41(50-24-31)30-13-18-62-19-14-30/h2-10,15,21-25,28,30,39,52H,11-14,16-20,26H2,1H3,(H,51,55)/t39-/m0/s1. The third kappa shape index (κ3) is 9.60. The molecule has 16 nitrogen and oxygen atoms in total. The van der Waals surface area contributed by atoms with Gasteiger partial charge < -0.3 is 19.5 Å². The van der Waals surface area contributed by atoms with E-state index in [0.717, 1.165) is 17.4 Å². The normalized spacial score (nSPS) is 15.4. The van der Waals surface area contributed by atoms with Crippen LogP contribution in [0.4, 0.5) is 14.5 Å². The first-order chi connectivity index (χ1) is 30.9. The second kappa shape index (κ2) is 19.0. The van der Waals surface area contributed by atoms with E-state index in [4.69, 9.17) is 14.2 Å². The average Bonchev–Trinajstić information content (AvgIpc) is 3.32. The van der Waals surface area contributed by atoms with E-state index in [1.807, 2.05) is 0 Å². The van der Waals surface area contributed by atoms with Crippen molar-refractivity contribution in [2.45, 2.75) is 49.0 Å². The van der Waals surface area contributed by atoms with E-state index in [1.165, 1.54) is 66.5 Å². The van der Waals surface area contributed by atoms with Gasteiger partial charge in [0.15, 0.2) is 0 Å². The molecule has 332 valence electrons. The Balaban J connectivity index is 0.974. The molecule has 3 aromatic carbocycles. The van der Waals surface area contributed by atoms with Gasteiger partial charge in [0.05, 0.1) is 45.5 Å². The van der Waals surface area contributed by atoms with Gasteiger partial charge >= 0.3 is 11.7 Å². The van der Waals surface area contributed by atoms with Crippen LogP contribution in [0.1, 0.15) is 53.3 Å². The van der Waals surface area contributed by atoms with E-state index in [-0.39, 0.29) is 40.8 Å². The zero-order valence-electron chi connectivity index (χ0n) is 34.5. The fourth-order valence-electron chi connectivity index (χ4n) is 7.67. The van der Waals surface area contributed by atoms with Crippen LogP contribution in [0.2, 0.25) is 0 Å². The SMILES string of the molecule is Cn1c(=O)n(-c2ccc(C[C@H](NC(=O)c3cc(F)c(NS(=O)(=O)c4ccc(-c5cnc(C6CCOCC6)nc5)cc4)cc3F)C(=O)OCC3CCOCC3)cc2)c(=O)c2ccncc21. The van der Waals surface area contributed by atoms with Crippen molar-refractivity contribution in [3.8, 4) is 16.8 Å². The van der Waals surface area contributed by atoms with Gasteiger partial charge in [-0.15, -0.1) is 0 Å². The lowest BCUT2D eigenvalue weighted by molar-refractivity contribution is -0.148. The summed E-state index contributed by atoms with van der Waals surface area (Å²) in [4.78, 5) is 66.4. The van der Waals surface area contributed by atoms with Gasteiger partial charge in [0.2, 0.25) is 0 Å². The number of hydrogen-bond acceptors (Lipinski definition) is 12. The number of esters is 1. The first-order valence-corrected chi connectivity index (χ1v) is 22.1. The molecule has 2 saturated heterocycles. The first-order valence-electron chi connectivity index (χ1n) is 20.6. The van der Waals surface area contributed by atoms with Crippen LogP contribution in [-0.4, -0.2) is 83.5 Å². The lowest BCUT2D eigenvalue weighted by Gasteiger charge is -2.23. The molecule has 3 aromatic heterocycles. The Labute approximate surface area is 365 Å². The quantitative estimate of drug-likeness (QED) is 0.150. The van der Waals surface area contributed by atoms with Crippen LogP contribution in [0, 0.1) is 17.6 Å². The van der Waals surface area contributed by atoms with Crippen LogP contribution in [0.15, 0.2) is 106 Å². The summed E-state index contributed by atoms with van der Waals surface area (Å²) in [7, 11) is -2.92. The van der Waals surface area contributed by atoms with E-state index in [2.05, 4.69) is 25.0 Å². The molecule has 0 spiro atoms. The molecule has 0 aliphatic carbocycles. The molecule has 0 unspecified atom stereocenters. The summed E-state index contributed by atoms with van der Waals surface area (Å²) in [6, 6.07) is 13.0. The minimum atomic E-state index is -4.43. The number of benzene rings is 3. The van der Waals surface area contributed by atoms with Crippen molar-refractivity contribution in [2.75, 3.05) is 37.8 Å². The molecule has 2 fully saturated rings. The number of pyridine rings is 1. The highest BCUT2D eigenvalue weighted by molar-refractivity contribution is 7.92. The second-order valence-corrected chi connectivity index (χ2v) is 17.3. The lowest BCUT2D eigenvalue weighted by atomic mass is 9.99. The van der Waals surface area contributed by atoms with Gasteiger partial charge in [0.25, 0.3) is 21.5 Å². The summed E-state index contributed by atoms with van der Waals surface area (Å²) in [6.07, 6.45) is 8.97. The predicted octanol–water partition coefficient (Wildman–Crippen LogP) is 4.83. The van der Waals surface area contributed by atoms with E-state index in [0.29, 0.717) is 79.4 Å². The van der Waals surface area contributed by atoms with Gasteiger partial charge in [0, 0.05) is 76.0 Å². The number of fused-ring (bicyclic) bond motifs is 1. The second-order valence-electron chi connectivity index (χ2n) is 15.6. The zero-order valence-corrected chi connectivity index (χ0v) is 35.4. The van der Waals surface area contributed by atoms with E-state index in [1.54, 1.807) is 24.5 Å². The molecule has 0 saturated carbocycles. The number of anilines is 1. The average molecular weight is 896 g/mol. The van der Waals surface area contributed by atoms with Crippen molar-refractivity contribution in [1.82, 2.24) is 29.4 Å². The van der Waals surface area contributed by atoms with Crippen molar-refractivity contribution in [3.05, 3.63) is 141 Å². The summed E-state index contributed by atoms with van der Waals surface area (Å²) < 4.78 is 78.6. The Bertz CT molecular complexity index is 2920. The maximum absolute atomic E-state index is 15.6. The number of nitrogens with zero attached hydrogens (tertiary/aromatic N) is 5. The molecule has 2 aliphatic heterocycles. The summed E-state index contributed by atoms with van der Waals surface area (Å²) in [5, 5.41) is 2.72. The molecule has 1 amide bonds. The van der Waals surface area contributed by atoms with Crippen LogP contribution >= 0.6 is 0 Å². The number of carbonyl (C=O) groups is 2. The molecular weight excluding hydrogens is 853 g/mol. The molecular formula is C45H43F2N7O9S. The number of halogens is 2. The number of amides is 1. The summed E-state index contributed by atoms with van der Waals surface area (Å²) in [5.74, 6) is -3.60. The molecule has 8 rings (SSSR count). The molecule has 6 aromatic rings. The Hall–Kier alpha value is -6.70. The van der Waals surface area contributed by atoms with E-state index in [9.17, 15) is 27.6 Å². The van der Waals surface area contributed by atoms with Crippen LogP contribution in [-0.2, 0) is 42.5 Å². The van der Waals surface area contributed by atoms with Crippen LogP contribution in [0.25, 0.3) is 27.7 Å². The number of carbonyl (C=O) groups excluding carboxylic acids is 2. The van der Waals surface area contributed by atoms with Gasteiger partial charge in [-0.05, 0) is 79.1 Å². The highest BCUT2D eigenvalue weighted by Gasteiger charge is 2.28. The van der Waals surface area contributed by atoms with Crippen molar-refractivity contribution in [2.24, 2.45) is 13.0 Å². The monoisotopic (exact) mass is 895 g/mol. The van der Waals surface area contributed by atoms with E-state index < -0.39 is 62.1 Å². The predicted molar refractivity (Wildman–Crippen MR) is 229 cm³/mol. The number of nitrogens with one attached hydrogen (secondary N) is 2. The smallest absolute Gasteiger partial charge is 0.335 e. The maximum Gasteiger partial charge on any atom is 0.335 e. The minimum absolute atomic E-state index is 0.0158. The minimum Gasteiger partial charge on any atom is -0.464 e. The topological polar surface area (TPSA) is 203 Å². The molecule has 1 atom stereocenters. The molecule has 0 radical (unpaired) electrons. The highest BCUT2D eigenvalue weighted by atomic mass is 32.2. The summed E-state index contributed by atoms with van der Waals surface area (Å²) in [6.45, 7) is 2.33. The van der Waals surface area contributed by atoms with Gasteiger partial charge in [-0.1, -0.05) is 24.3 Å². The Morgan fingerprint density at radius 3 is 2.22 bits per heavy atom. The summed E-state index contributed by atoms with van der Waals surface area (Å²) in [5.41, 5.74) is -0.362. The Morgan fingerprint density at radius 2 is 1.53 bits per heavy atom. The number of hydrogen-bond donors (Lipinski definition) is 2. The van der Waals surface area contributed by atoms with Gasteiger partial charge in [-0.25, -0.2) is 41.3 Å². The van der Waals surface area contributed by atoms with Gasteiger partial charge in [0.1, 0.15) is 23.5 Å². The number of ether oxygens (including phenoxy) is 3. The van der Waals surface area contributed by atoms with E-state index >= 15 is 8.78 Å². The van der Waals surface area contributed by atoms with Crippen molar-refractivity contribution in [3.63, 3.8) is 0 Å². The number of sulfonamides is 1. The molecule has 0 bridgehead atoms. The molecule has 5 heterocycles. The fourth-order valence-corrected chi connectivity index (χ4v) is 8.72. The fraction of sp³-hybridized carbons (Fsp3) is 0.311. The number of aromatic nitrogens is 5. The molecule has 2 N–H and O–H groups in total. The zero-order chi connectivity index (χ0) is 45.0. The largest absolute Gasteiger partial charge is 0.464 e. The Morgan fingerprint density at radius 1 is 0.859 bits per heavy atom. The van der Waals surface area contributed by atoms with Crippen molar-refractivity contribution >= 4 is 38.5 Å². The first kappa shape index (κ1) is 43.9. The maximum atomic E-state index is 15.6. The van der Waals surface area contributed by atoms with Crippen molar-refractivity contribution < 1.29 is 41.0 Å². The Kier molecular flexibility index (Phi) is 13.0. The van der Waals surface area contributed by atoms with Gasteiger partial charge in [-0.2, -0.15) is 0 Å². The lowest BCUT2D eigenvalue weighted by Crippen LogP contribution is -2.44. The third-order valence-electron chi connectivity index (χ3n) is 11.4. The number of aryl methyl sites for hydroxylation is 1. The van der Waals surface area contributed by atoms with Crippen LogP contribution in [0.5, 0.6) is 0 Å². The highest BCUT2D eigenvalue weighted by Crippen LogP contribution is 2.28.